The van der Waals surface area contributed by atoms with Gasteiger partial charge >= 0.3 is 0 Å². The minimum atomic E-state index is 0.848. The average molecular weight is 345 g/mol. The van der Waals surface area contributed by atoms with Crippen molar-refractivity contribution >= 4 is 27.7 Å². The van der Waals surface area contributed by atoms with E-state index in [4.69, 9.17) is 0 Å². The zero-order chi connectivity index (χ0) is 13.8. The number of nitrogens with zero attached hydrogens (tertiary/aromatic N) is 2. The lowest BCUT2D eigenvalue weighted by Crippen LogP contribution is -2.15. The van der Waals surface area contributed by atoms with E-state index in [-0.39, 0.29) is 0 Å². The highest BCUT2D eigenvalue weighted by atomic mass is 79.9. The fourth-order valence-electron chi connectivity index (χ4n) is 2.88. The molecule has 2 rings (SSSR count). The Labute approximate surface area is 129 Å². The van der Waals surface area contributed by atoms with Crippen LogP contribution in [0.15, 0.2) is 4.47 Å². The Balaban J connectivity index is 2.00. The molecular weight excluding hydrogens is 320 g/mol. The summed E-state index contributed by atoms with van der Waals surface area (Å²) in [7, 11) is 0. The van der Waals surface area contributed by atoms with Crippen LogP contribution in [-0.2, 0) is 18.7 Å². The van der Waals surface area contributed by atoms with E-state index in [1.54, 1.807) is 0 Å². The van der Waals surface area contributed by atoms with Gasteiger partial charge in [0, 0.05) is 17.5 Å². The summed E-state index contributed by atoms with van der Waals surface area (Å²) in [6.45, 7) is 7.71. The Bertz CT molecular complexity index is 417. The number of aryl methyl sites for hydroxylation is 2. The average Bonchev–Trinajstić information content (AvgIpc) is 2.72. The molecule has 1 saturated carbocycles. The lowest BCUT2D eigenvalue weighted by molar-refractivity contribution is 0.394. The lowest BCUT2D eigenvalue weighted by atomic mass is 9.91. The maximum absolute atomic E-state index is 4.68. The fraction of sp³-hybridized carbons (Fsp3) is 0.800. The van der Waals surface area contributed by atoms with Gasteiger partial charge in [-0.2, -0.15) is 16.9 Å². The first kappa shape index (κ1) is 15.4. The molecule has 1 heterocycles. The summed E-state index contributed by atoms with van der Waals surface area (Å²) in [5, 5.41) is 5.53. The van der Waals surface area contributed by atoms with Crippen LogP contribution in [0, 0.1) is 5.92 Å². The van der Waals surface area contributed by atoms with Crippen LogP contribution in [0.4, 0.5) is 0 Å². The molecule has 0 bridgehead atoms. The molecule has 1 fully saturated rings. The lowest BCUT2D eigenvalue weighted by Gasteiger charge is -2.26. The molecular formula is C15H25BrN2S. The van der Waals surface area contributed by atoms with Crippen molar-refractivity contribution in [2.24, 2.45) is 5.92 Å². The van der Waals surface area contributed by atoms with Crippen LogP contribution < -0.4 is 0 Å². The van der Waals surface area contributed by atoms with E-state index in [1.165, 1.54) is 41.5 Å². The van der Waals surface area contributed by atoms with Crippen LogP contribution in [-0.4, -0.2) is 15.0 Å². The van der Waals surface area contributed by atoms with E-state index in [2.05, 4.69) is 58.2 Å². The minimum absolute atomic E-state index is 0.848. The van der Waals surface area contributed by atoms with Crippen molar-refractivity contribution in [3.8, 4) is 0 Å². The Hall–Kier alpha value is 0.0400. The molecule has 0 spiro atoms. The van der Waals surface area contributed by atoms with Crippen molar-refractivity contribution in [2.75, 3.05) is 0 Å². The van der Waals surface area contributed by atoms with Crippen LogP contribution in [0.2, 0.25) is 0 Å². The Morgan fingerprint density at radius 3 is 2.79 bits per heavy atom. The SMILES string of the molecule is CCc1nn(CC)c(CSC2CCCC(C)C2)c1Br. The van der Waals surface area contributed by atoms with Gasteiger partial charge in [-0.05, 0) is 48.0 Å². The molecule has 0 radical (unpaired) electrons. The van der Waals surface area contributed by atoms with Crippen molar-refractivity contribution in [1.82, 2.24) is 9.78 Å². The summed E-state index contributed by atoms with van der Waals surface area (Å²) in [6.07, 6.45) is 6.63. The monoisotopic (exact) mass is 344 g/mol. The van der Waals surface area contributed by atoms with Gasteiger partial charge in [0.05, 0.1) is 15.9 Å². The number of halogens is 1. The van der Waals surface area contributed by atoms with E-state index in [0.29, 0.717) is 0 Å². The molecule has 0 aromatic carbocycles. The van der Waals surface area contributed by atoms with Gasteiger partial charge in [-0.15, -0.1) is 0 Å². The molecule has 2 unspecified atom stereocenters. The molecule has 4 heteroatoms. The number of hydrogen-bond donors (Lipinski definition) is 0. The first-order valence-corrected chi connectivity index (χ1v) is 9.35. The second-order valence-electron chi connectivity index (χ2n) is 5.58. The molecule has 1 aliphatic rings. The van der Waals surface area contributed by atoms with Crippen molar-refractivity contribution in [1.29, 1.82) is 0 Å². The number of rotatable bonds is 5. The van der Waals surface area contributed by atoms with E-state index in [1.807, 2.05) is 0 Å². The molecule has 0 amide bonds. The van der Waals surface area contributed by atoms with Gasteiger partial charge < -0.3 is 0 Å². The largest absolute Gasteiger partial charge is 0.268 e. The summed E-state index contributed by atoms with van der Waals surface area (Å²) in [5.41, 5.74) is 2.58. The highest BCUT2D eigenvalue weighted by Crippen LogP contribution is 2.35. The standard InChI is InChI=1S/C15H25BrN2S/c1-4-13-15(16)14(18(5-2)17-13)10-19-12-8-6-7-11(3)9-12/h11-12H,4-10H2,1-3H3. The molecule has 0 N–H and O–H groups in total. The summed E-state index contributed by atoms with van der Waals surface area (Å²) in [4.78, 5) is 0. The first-order chi connectivity index (χ1) is 9.15. The maximum atomic E-state index is 4.68. The van der Waals surface area contributed by atoms with Crippen LogP contribution >= 0.6 is 27.7 Å². The van der Waals surface area contributed by atoms with Crippen LogP contribution in [0.1, 0.15) is 57.8 Å². The van der Waals surface area contributed by atoms with Gasteiger partial charge in [0.15, 0.2) is 0 Å². The molecule has 2 nitrogen and oxygen atoms in total. The summed E-state index contributed by atoms with van der Waals surface area (Å²) in [5.74, 6) is 2.01. The van der Waals surface area contributed by atoms with Gasteiger partial charge in [0.1, 0.15) is 0 Å². The van der Waals surface area contributed by atoms with Crippen molar-refractivity contribution in [2.45, 2.75) is 70.4 Å². The van der Waals surface area contributed by atoms with Crippen LogP contribution in [0.5, 0.6) is 0 Å². The Kier molecular flexibility index (Phi) is 5.82. The predicted octanol–water partition coefficient (Wildman–Crippen LogP) is 5.04. The number of thioether (sulfide) groups is 1. The minimum Gasteiger partial charge on any atom is -0.268 e. The molecule has 2 atom stereocenters. The molecule has 0 aliphatic heterocycles. The fourth-order valence-corrected chi connectivity index (χ4v) is 5.26. The molecule has 1 aromatic rings. The zero-order valence-corrected chi connectivity index (χ0v) is 14.7. The van der Waals surface area contributed by atoms with Gasteiger partial charge in [0.2, 0.25) is 0 Å². The Morgan fingerprint density at radius 2 is 2.16 bits per heavy atom. The van der Waals surface area contributed by atoms with Crippen molar-refractivity contribution in [3.63, 3.8) is 0 Å². The maximum Gasteiger partial charge on any atom is 0.0767 e. The third-order valence-electron chi connectivity index (χ3n) is 4.04. The second kappa shape index (κ2) is 7.16. The van der Waals surface area contributed by atoms with Crippen molar-refractivity contribution < 1.29 is 0 Å². The summed E-state index contributed by atoms with van der Waals surface area (Å²) < 4.78 is 3.41. The molecule has 1 aromatic heterocycles. The first-order valence-electron chi connectivity index (χ1n) is 7.51. The molecule has 108 valence electrons. The van der Waals surface area contributed by atoms with Gasteiger partial charge in [-0.1, -0.05) is 26.7 Å². The molecule has 19 heavy (non-hydrogen) atoms. The number of hydrogen-bond acceptors (Lipinski definition) is 2. The van der Waals surface area contributed by atoms with Crippen LogP contribution in [0.25, 0.3) is 0 Å². The van der Waals surface area contributed by atoms with E-state index >= 15 is 0 Å². The van der Waals surface area contributed by atoms with Crippen LogP contribution in [0.3, 0.4) is 0 Å². The smallest absolute Gasteiger partial charge is 0.0767 e. The topological polar surface area (TPSA) is 17.8 Å². The highest BCUT2D eigenvalue weighted by Gasteiger charge is 2.21. The normalized spacial score (nSPS) is 23.8. The second-order valence-corrected chi connectivity index (χ2v) is 7.66. The zero-order valence-electron chi connectivity index (χ0n) is 12.3. The van der Waals surface area contributed by atoms with Crippen molar-refractivity contribution in [3.05, 3.63) is 15.9 Å². The number of aromatic nitrogens is 2. The highest BCUT2D eigenvalue weighted by molar-refractivity contribution is 9.10. The Morgan fingerprint density at radius 1 is 1.37 bits per heavy atom. The van der Waals surface area contributed by atoms with Gasteiger partial charge in [0.25, 0.3) is 0 Å². The third-order valence-corrected chi connectivity index (χ3v) is 6.29. The van der Waals surface area contributed by atoms with E-state index in [9.17, 15) is 0 Å². The van der Waals surface area contributed by atoms with Gasteiger partial charge in [-0.3, -0.25) is 4.68 Å². The summed E-state index contributed by atoms with van der Waals surface area (Å²) >= 11 is 5.87. The molecule has 0 saturated heterocycles. The third kappa shape index (κ3) is 3.78. The quantitative estimate of drug-likeness (QED) is 0.744. The van der Waals surface area contributed by atoms with E-state index in [0.717, 1.165) is 29.9 Å². The van der Waals surface area contributed by atoms with Gasteiger partial charge in [-0.25, -0.2) is 0 Å². The molecule has 1 aliphatic carbocycles. The van der Waals surface area contributed by atoms with E-state index < -0.39 is 0 Å². The summed E-state index contributed by atoms with van der Waals surface area (Å²) in [6, 6.07) is 0. The predicted molar refractivity (Wildman–Crippen MR) is 87.7 cm³/mol.